The number of likely N-dealkylation sites (tertiary alicyclic amines) is 2. The number of aliphatic hydroxyl groups is 1. The summed E-state index contributed by atoms with van der Waals surface area (Å²) in [6.07, 6.45) is 15.9. The highest BCUT2D eigenvalue weighted by Gasteiger charge is 2.72. The monoisotopic (exact) mass is 578 g/mol. The molecule has 6 fully saturated rings. The van der Waals surface area contributed by atoms with Gasteiger partial charge in [0.1, 0.15) is 5.60 Å². The summed E-state index contributed by atoms with van der Waals surface area (Å²) >= 11 is 0. The van der Waals surface area contributed by atoms with Crippen molar-refractivity contribution >= 4 is 0 Å². The molecule has 0 aromatic heterocycles. The minimum absolute atomic E-state index is 0.271. The first kappa shape index (κ1) is 29.7. The molecule has 2 aliphatic heterocycles. The zero-order valence-corrected chi connectivity index (χ0v) is 26.7. The molecule has 6 aliphatic rings. The summed E-state index contributed by atoms with van der Waals surface area (Å²) < 4.78 is 13.7. The standard InChI is InChI=1S/C37H58N2O3/c1-34-16-14-31(41-26-24-38-20-6-7-21-38)28-30(34)12-13-33-32(34)15-17-35(2)36(33,40)18-19-37(35,29-10-4-3-5-11-29)42-27-25-39-22-8-9-23-39/h3-5,10-11,30-33,40H,6-9,12-28H2,1-2H3/t30-,31+,32+,33-,34+,35+,36+,37-/m1/s1. The first-order chi connectivity index (χ1) is 20.4. The molecule has 5 nitrogen and oxygen atoms in total. The molecular weight excluding hydrogens is 520 g/mol. The van der Waals surface area contributed by atoms with Crippen molar-refractivity contribution in [2.24, 2.45) is 28.6 Å². The van der Waals surface area contributed by atoms with Crippen molar-refractivity contribution in [3.8, 4) is 0 Å². The van der Waals surface area contributed by atoms with Crippen LogP contribution in [0.25, 0.3) is 0 Å². The minimum Gasteiger partial charge on any atom is -0.389 e. The Balaban J connectivity index is 1.07. The average molecular weight is 579 g/mol. The van der Waals surface area contributed by atoms with Crippen LogP contribution < -0.4 is 0 Å². The van der Waals surface area contributed by atoms with Gasteiger partial charge in [0.05, 0.1) is 24.9 Å². The molecule has 1 aromatic rings. The Morgan fingerprint density at radius 1 is 0.762 bits per heavy atom. The lowest BCUT2D eigenvalue weighted by Crippen LogP contribution is -2.65. The van der Waals surface area contributed by atoms with E-state index < -0.39 is 11.2 Å². The van der Waals surface area contributed by atoms with Crippen molar-refractivity contribution in [1.82, 2.24) is 9.80 Å². The third-order valence-corrected chi connectivity index (χ3v) is 14.1. The van der Waals surface area contributed by atoms with Crippen LogP contribution in [0.2, 0.25) is 0 Å². The second-order valence-electron chi connectivity index (χ2n) is 15.7. The molecule has 4 saturated carbocycles. The maximum atomic E-state index is 13.0. The van der Waals surface area contributed by atoms with Crippen molar-refractivity contribution in [1.29, 1.82) is 0 Å². The highest BCUT2D eigenvalue weighted by atomic mass is 16.5. The molecule has 7 rings (SSSR count). The van der Waals surface area contributed by atoms with E-state index in [2.05, 4.69) is 54.0 Å². The lowest BCUT2D eigenvalue weighted by Gasteiger charge is -2.65. The van der Waals surface area contributed by atoms with Crippen LogP contribution in [0.5, 0.6) is 0 Å². The first-order valence-electron chi connectivity index (χ1n) is 17.9. The summed E-state index contributed by atoms with van der Waals surface area (Å²) in [6.45, 7) is 13.7. The van der Waals surface area contributed by atoms with Crippen LogP contribution in [0.3, 0.4) is 0 Å². The topological polar surface area (TPSA) is 45.2 Å². The fraction of sp³-hybridized carbons (Fsp3) is 0.838. The third kappa shape index (κ3) is 4.83. The highest BCUT2D eigenvalue weighted by molar-refractivity contribution is 5.33. The molecule has 2 heterocycles. The van der Waals surface area contributed by atoms with Crippen LogP contribution >= 0.6 is 0 Å². The molecule has 1 aromatic carbocycles. The van der Waals surface area contributed by atoms with Crippen LogP contribution in [0.4, 0.5) is 0 Å². The van der Waals surface area contributed by atoms with E-state index in [1.54, 1.807) is 0 Å². The molecule has 234 valence electrons. The largest absolute Gasteiger partial charge is 0.389 e. The Morgan fingerprint density at radius 2 is 1.45 bits per heavy atom. The summed E-state index contributed by atoms with van der Waals surface area (Å²) in [7, 11) is 0. The Hall–Kier alpha value is -0.980. The lowest BCUT2D eigenvalue weighted by atomic mass is 9.42. The van der Waals surface area contributed by atoms with Crippen molar-refractivity contribution in [3.63, 3.8) is 0 Å². The summed E-state index contributed by atoms with van der Waals surface area (Å²) in [4.78, 5) is 5.14. The SMILES string of the molecule is C[C@]12CC[C@H](OCCN3CCCC3)C[C@H]1CC[C@@H]1[C@@H]2CC[C@]2(C)[C@](OCCN3CCCC3)(c3ccccc3)CC[C@]12O. The molecule has 8 atom stereocenters. The number of fused-ring (bicyclic) bond motifs is 5. The Kier molecular flexibility index (Phi) is 8.31. The van der Waals surface area contributed by atoms with E-state index in [1.807, 2.05) is 0 Å². The summed E-state index contributed by atoms with van der Waals surface area (Å²) in [6, 6.07) is 11.0. The highest BCUT2D eigenvalue weighted by Crippen LogP contribution is 2.72. The lowest BCUT2D eigenvalue weighted by molar-refractivity contribution is -0.249. The van der Waals surface area contributed by atoms with E-state index in [1.165, 1.54) is 89.5 Å². The average Bonchev–Trinajstić information content (AvgIpc) is 3.76. The zero-order valence-electron chi connectivity index (χ0n) is 26.7. The molecule has 0 unspecified atom stereocenters. The zero-order chi connectivity index (χ0) is 28.8. The van der Waals surface area contributed by atoms with Gasteiger partial charge >= 0.3 is 0 Å². The number of ether oxygens (including phenoxy) is 2. The second-order valence-corrected chi connectivity index (χ2v) is 15.7. The van der Waals surface area contributed by atoms with E-state index in [0.29, 0.717) is 23.4 Å². The van der Waals surface area contributed by atoms with Crippen LogP contribution in [-0.2, 0) is 15.1 Å². The Labute approximate surface area is 255 Å². The first-order valence-corrected chi connectivity index (χ1v) is 17.9. The van der Waals surface area contributed by atoms with Crippen LogP contribution in [-0.4, -0.2) is 79.1 Å². The van der Waals surface area contributed by atoms with Crippen molar-refractivity contribution in [2.45, 2.75) is 115 Å². The quantitative estimate of drug-likeness (QED) is 0.356. The normalized spacial score (nSPS) is 44.2. The predicted molar refractivity (Wildman–Crippen MR) is 168 cm³/mol. The summed E-state index contributed by atoms with van der Waals surface area (Å²) in [5.74, 6) is 1.71. The smallest absolute Gasteiger partial charge is 0.101 e. The minimum atomic E-state index is -0.670. The molecule has 0 amide bonds. The number of hydrogen-bond donors (Lipinski definition) is 1. The number of nitrogens with zero attached hydrogens (tertiary/aromatic N) is 2. The van der Waals surface area contributed by atoms with Gasteiger partial charge in [0, 0.05) is 18.5 Å². The molecular formula is C37H58N2O3. The molecule has 5 heteroatoms. The van der Waals surface area contributed by atoms with Crippen LogP contribution in [0, 0.1) is 28.6 Å². The van der Waals surface area contributed by atoms with Gasteiger partial charge in [0.2, 0.25) is 0 Å². The fourth-order valence-corrected chi connectivity index (χ4v) is 11.5. The maximum absolute atomic E-state index is 13.0. The van der Waals surface area contributed by atoms with Gasteiger partial charge in [0.25, 0.3) is 0 Å². The van der Waals surface area contributed by atoms with Crippen molar-refractivity contribution < 1.29 is 14.6 Å². The molecule has 0 spiro atoms. The van der Waals surface area contributed by atoms with Crippen LogP contribution in [0.15, 0.2) is 30.3 Å². The van der Waals surface area contributed by atoms with Gasteiger partial charge in [-0.25, -0.2) is 0 Å². The van der Waals surface area contributed by atoms with E-state index in [4.69, 9.17) is 9.47 Å². The van der Waals surface area contributed by atoms with Gasteiger partial charge in [-0.2, -0.15) is 0 Å². The molecule has 0 bridgehead atoms. The van der Waals surface area contributed by atoms with Crippen LogP contribution in [0.1, 0.15) is 103 Å². The van der Waals surface area contributed by atoms with Gasteiger partial charge in [-0.1, -0.05) is 44.2 Å². The molecule has 1 N–H and O–H groups in total. The Bertz CT molecular complexity index is 1060. The summed E-state index contributed by atoms with van der Waals surface area (Å²) in [5, 5.41) is 13.0. The van der Waals surface area contributed by atoms with E-state index in [0.717, 1.165) is 57.9 Å². The van der Waals surface area contributed by atoms with Gasteiger partial charge in [-0.3, -0.25) is 0 Å². The van der Waals surface area contributed by atoms with Crippen molar-refractivity contribution in [3.05, 3.63) is 35.9 Å². The molecule has 0 radical (unpaired) electrons. The van der Waals surface area contributed by atoms with E-state index in [9.17, 15) is 5.11 Å². The van der Waals surface area contributed by atoms with Gasteiger partial charge in [0.15, 0.2) is 0 Å². The molecule has 4 aliphatic carbocycles. The molecule has 42 heavy (non-hydrogen) atoms. The second kappa shape index (κ2) is 11.7. The number of benzene rings is 1. The summed E-state index contributed by atoms with van der Waals surface area (Å²) in [5.41, 5.74) is 0.258. The van der Waals surface area contributed by atoms with E-state index in [-0.39, 0.29) is 5.41 Å². The van der Waals surface area contributed by atoms with E-state index >= 15 is 0 Å². The van der Waals surface area contributed by atoms with Gasteiger partial charge in [-0.05, 0) is 138 Å². The fourth-order valence-electron chi connectivity index (χ4n) is 11.5. The maximum Gasteiger partial charge on any atom is 0.101 e. The van der Waals surface area contributed by atoms with Gasteiger partial charge in [-0.15, -0.1) is 0 Å². The number of rotatable bonds is 9. The predicted octanol–water partition coefficient (Wildman–Crippen LogP) is 6.63. The molecule has 2 saturated heterocycles. The van der Waals surface area contributed by atoms with Crippen molar-refractivity contribution in [2.75, 3.05) is 52.5 Å². The Morgan fingerprint density at radius 3 is 2.17 bits per heavy atom. The van der Waals surface area contributed by atoms with Gasteiger partial charge < -0.3 is 24.4 Å². The number of hydrogen-bond acceptors (Lipinski definition) is 5. The third-order valence-electron chi connectivity index (χ3n) is 14.1.